The van der Waals surface area contributed by atoms with Gasteiger partial charge in [-0.15, -0.1) is 6.58 Å². The van der Waals surface area contributed by atoms with Crippen LogP contribution in [0.1, 0.15) is 39.2 Å². The average Bonchev–Trinajstić information content (AvgIpc) is 2.34. The van der Waals surface area contributed by atoms with E-state index in [1.165, 1.54) is 5.56 Å². The van der Waals surface area contributed by atoms with Gasteiger partial charge in [0.25, 0.3) is 0 Å². The predicted octanol–water partition coefficient (Wildman–Crippen LogP) is 5.44. The number of halogens is 2. The lowest BCUT2D eigenvalue weighted by atomic mass is 10.1. The summed E-state index contributed by atoms with van der Waals surface area (Å²) in [5.41, 5.74) is 1.33. The molecule has 1 aromatic rings. The van der Waals surface area contributed by atoms with E-state index in [2.05, 4.69) is 76.7 Å². The number of hydrogen-bond donors (Lipinski definition) is 1. The molecule has 112 valence electrons. The number of hydrogen-bond acceptors (Lipinski definition) is 2. The third-order valence-corrected chi connectivity index (χ3v) is 3.86. The molecule has 1 aromatic carbocycles. The van der Waals surface area contributed by atoms with Crippen LogP contribution >= 0.6 is 31.9 Å². The van der Waals surface area contributed by atoms with Crippen molar-refractivity contribution in [1.82, 2.24) is 5.32 Å². The zero-order valence-electron chi connectivity index (χ0n) is 12.4. The SMILES string of the molecule is C=CCCCOc1c(Br)cc(CNC(C)(C)C)cc1Br. The Morgan fingerprint density at radius 1 is 1.25 bits per heavy atom. The molecule has 0 saturated heterocycles. The molecular formula is C16H23Br2NO. The lowest BCUT2D eigenvalue weighted by molar-refractivity contribution is 0.308. The van der Waals surface area contributed by atoms with E-state index in [1.54, 1.807) is 0 Å². The lowest BCUT2D eigenvalue weighted by Crippen LogP contribution is -2.35. The fraction of sp³-hybridized carbons (Fsp3) is 0.500. The minimum Gasteiger partial charge on any atom is -0.491 e. The molecule has 0 saturated carbocycles. The maximum atomic E-state index is 5.81. The maximum Gasteiger partial charge on any atom is 0.147 e. The highest BCUT2D eigenvalue weighted by Gasteiger charge is 2.12. The predicted molar refractivity (Wildman–Crippen MR) is 93.4 cm³/mol. The van der Waals surface area contributed by atoms with Crippen LogP contribution in [-0.4, -0.2) is 12.1 Å². The molecule has 0 heterocycles. The van der Waals surface area contributed by atoms with Crippen LogP contribution in [0.2, 0.25) is 0 Å². The van der Waals surface area contributed by atoms with Crippen LogP contribution in [0.3, 0.4) is 0 Å². The lowest BCUT2D eigenvalue weighted by Gasteiger charge is -2.21. The second-order valence-corrected chi connectivity index (χ2v) is 7.48. The molecule has 0 unspecified atom stereocenters. The first-order valence-corrected chi connectivity index (χ1v) is 8.39. The van der Waals surface area contributed by atoms with Gasteiger partial charge >= 0.3 is 0 Å². The Morgan fingerprint density at radius 3 is 2.35 bits per heavy atom. The molecule has 0 radical (unpaired) electrons. The molecule has 4 heteroatoms. The maximum absolute atomic E-state index is 5.81. The van der Waals surface area contributed by atoms with Gasteiger partial charge in [-0.05, 0) is 83.2 Å². The highest BCUT2D eigenvalue weighted by Crippen LogP contribution is 2.35. The first-order chi connectivity index (χ1) is 9.33. The number of allylic oxidation sites excluding steroid dienone is 1. The number of unbranched alkanes of at least 4 members (excludes halogenated alkanes) is 1. The fourth-order valence-electron chi connectivity index (χ4n) is 1.62. The van der Waals surface area contributed by atoms with Crippen LogP contribution in [0.25, 0.3) is 0 Å². The molecule has 0 aliphatic carbocycles. The molecule has 0 aliphatic heterocycles. The Hall–Kier alpha value is -0.320. The molecule has 0 bridgehead atoms. The third-order valence-electron chi connectivity index (χ3n) is 2.68. The zero-order chi connectivity index (χ0) is 15.2. The van der Waals surface area contributed by atoms with Crippen molar-refractivity contribution in [2.75, 3.05) is 6.61 Å². The third kappa shape index (κ3) is 6.42. The standard InChI is InChI=1S/C16H23Br2NO/c1-5-6-7-8-20-15-13(17)9-12(10-14(15)18)11-19-16(2,3)4/h5,9-10,19H,1,6-8,11H2,2-4H3. The van der Waals surface area contributed by atoms with Gasteiger partial charge < -0.3 is 10.1 Å². The summed E-state index contributed by atoms with van der Waals surface area (Å²) in [6.45, 7) is 11.7. The van der Waals surface area contributed by atoms with E-state index in [0.29, 0.717) is 6.61 Å². The van der Waals surface area contributed by atoms with E-state index in [0.717, 1.165) is 34.1 Å². The Morgan fingerprint density at radius 2 is 1.85 bits per heavy atom. The summed E-state index contributed by atoms with van der Waals surface area (Å²) in [4.78, 5) is 0. The smallest absolute Gasteiger partial charge is 0.147 e. The van der Waals surface area contributed by atoms with Crippen LogP contribution in [0.5, 0.6) is 5.75 Å². The average molecular weight is 405 g/mol. The van der Waals surface area contributed by atoms with Crippen LogP contribution in [0, 0.1) is 0 Å². The van der Waals surface area contributed by atoms with Gasteiger partial charge in [0.15, 0.2) is 0 Å². The van der Waals surface area contributed by atoms with Gasteiger partial charge in [0, 0.05) is 12.1 Å². The molecule has 0 aliphatic rings. The largest absolute Gasteiger partial charge is 0.491 e. The fourth-order valence-corrected chi connectivity index (χ4v) is 3.13. The van der Waals surface area contributed by atoms with Crippen LogP contribution in [-0.2, 0) is 6.54 Å². The summed E-state index contributed by atoms with van der Waals surface area (Å²) >= 11 is 7.17. The number of nitrogens with one attached hydrogen (secondary N) is 1. The minimum atomic E-state index is 0.110. The first kappa shape index (κ1) is 17.7. The van der Waals surface area contributed by atoms with E-state index >= 15 is 0 Å². The molecule has 1 rings (SSSR count). The molecule has 1 N–H and O–H groups in total. The molecule has 20 heavy (non-hydrogen) atoms. The van der Waals surface area contributed by atoms with Crippen molar-refractivity contribution in [3.05, 3.63) is 39.3 Å². The molecule has 0 aromatic heterocycles. The van der Waals surface area contributed by atoms with Gasteiger partial charge in [-0.2, -0.15) is 0 Å². The van der Waals surface area contributed by atoms with Crippen molar-refractivity contribution in [3.8, 4) is 5.75 Å². The van der Waals surface area contributed by atoms with E-state index in [9.17, 15) is 0 Å². The van der Waals surface area contributed by atoms with Crippen molar-refractivity contribution in [2.24, 2.45) is 0 Å². The van der Waals surface area contributed by atoms with Crippen molar-refractivity contribution in [2.45, 2.75) is 45.7 Å². The number of rotatable bonds is 7. The van der Waals surface area contributed by atoms with Crippen LogP contribution in [0.4, 0.5) is 0 Å². The van der Waals surface area contributed by atoms with Gasteiger partial charge in [0.05, 0.1) is 15.6 Å². The zero-order valence-corrected chi connectivity index (χ0v) is 15.6. The Bertz CT molecular complexity index is 429. The summed E-state index contributed by atoms with van der Waals surface area (Å²) in [6.07, 6.45) is 3.87. The molecule has 0 spiro atoms. The molecule has 0 atom stereocenters. The van der Waals surface area contributed by atoms with Gasteiger partial charge in [0.1, 0.15) is 5.75 Å². The van der Waals surface area contributed by atoms with Gasteiger partial charge in [-0.3, -0.25) is 0 Å². The Balaban J connectivity index is 2.68. The minimum absolute atomic E-state index is 0.110. The number of benzene rings is 1. The second kappa shape index (κ2) is 8.20. The van der Waals surface area contributed by atoms with E-state index in [4.69, 9.17) is 4.74 Å². The highest BCUT2D eigenvalue weighted by molar-refractivity contribution is 9.11. The van der Waals surface area contributed by atoms with Gasteiger partial charge in [0.2, 0.25) is 0 Å². The first-order valence-electron chi connectivity index (χ1n) is 6.80. The summed E-state index contributed by atoms with van der Waals surface area (Å²) < 4.78 is 7.77. The highest BCUT2D eigenvalue weighted by atomic mass is 79.9. The summed E-state index contributed by atoms with van der Waals surface area (Å²) in [7, 11) is 0. The second-order valence-electron chi connectivity index (χ2n) is 5.77. The van der Waals surface area contributed by atoms with Crippen LogP contribution in [0.15, 0.2) is 33.7 Å². The molecule has 0 amide bonds. The van der Waals surface area contributed by atoms with Crippen LogP contribution < -0.4 is 10.1 Å². The van der Waals surface area contributed by atoms with E-state index < -0.39 is 0 Å². The summed E-state index contributed by atoms with van der Waals surface area (Å²) in [5.74, 6) is 0.869. The summed E-state index contributed by atoms with van der Waals surface area (Å²) in [5, 5.41) is 3.48. The normalized spacial score (nSPS) is 11.4. The molecular weight excluding hydrogens is 382 g/mol. The molecule has 2 nitrogen and oxygen atoms in total. The van der Waals surface area contributed by atoms with Gasteiger partial charge in [-0.25, -0.2) is 0 Å². The topological polar surface area (TPSA) is 21.3 Å². The van der Waals surface area contributed by atoms with Crippen molar-refractivity contribution in [3.63, 3.8) is 0 Å². The quantitative estimate of drug-likeness (QED) is 0.482. The Kier molecular flexibility index (Phi) is 7.27. The van der Waals surface area contributed by atoms with E-state index in [-0.39, 0.29) is 5.54 Å². The van der Waals surface area contributed by atoms with Crippen molar-refractivity contribution < 1.29 is 4.74 Å². The monoisotopic (exact) mass is 403 g/mol. The van der Waals surface area contributed by atoms with Gasteiger partial charge in [-0.1, -0.05) is 6.08 Å². The number of ether oxygens (including phenoxy) is 1. The Labute approximate surface area is 139 Å². The van der Waals surface area contributed by atoms with Crippen molar-refractivity contribution >= 4 is 31.9 Å². The molecule has 0 fully saturated rings. The van der Waals surface area contributed by atoms with E-state index in [1.807, 2.05) is 6.08 Å². The van der Waals surface area contributed by atoms with Crippen molar-refractivity contribution in [1.29, 1.82) is 0 Å². The summed E-state index contributed by atoms with van der Waals surface area (Å²) in [6, 6.07) is 4.21.